The lowest BCUT2D eigenvalue weighted by Gasteiger charge is -2.24. The highest BCUT2D eigenvalue weighted by Crippen LogP contribution is 2.09. The van der Waals surface area contributed by atoms with Crippen LogP contribution in [0.4, 0.5) is 9.59 Å². The van der Waals surface area contributed by atoms with Crippen LogP contribution in [-0.4, -0.2) is 167 Å². The van der Waals surface area contributed by atoms with E-state index >= 15 is 0 Å². The van der Waals surface area contributed by atoms with Gasteiger partial charge < -0.3 is 62.3 Å². The van der Waals surface area contributed by atoms with Gasteiger partial charge in [-0.05, 0) is 41.5 Å². The van der Waals surface area contributed by atoms with E-state index in [9.17, 15) is 9.59 Å². The molecule has 2 amide bonds. The van der Waals surface area contributed by atoms with Gasteiger partial charge in [0, 0.05) is 20.1 Å². The fourth-order valence-electron chi connectivity index (χ4n) is 3.03. The van der Waals surface area contributed by atoms with Crippen LogP contribution in [0.5, 0.6) is 0 Å². The van der Waals surface area contributed by atoms with Crippen molar-refractivity contribution in [2.24, 2.45) is 0 Å². The minimum atomic E-state index is -0.514. The maximum atomic E-state index is 11.8. The van der Waals surface area contributed by atoms with Gasteiger partial charge in [-0.25, -0.2) is 9.59 Å². The third-order valence-corrected chi connectivity index (χ3v) is 5.17. The molecule has 0 aliphatic heterocycles. The Balaban J connectivity index is 3.20. The minimum absolute atomic E-state index is 0.368. The topological polar surface area (TPSA) is 151 Å². The summed E-state index contributed by atoms with van der Waals surface area (Å²) in [4.78, 5) is 24.8. The molecule has 0 saturated carbocycles. The summed E-state index contributed by atoms with van der Waals surface area (Å²) in [5.74, 6) is 0. The van der Waals surface area contributed by atoms with Crippen molar-refractivity contribution in [3.05, 3.63) is 0 Å². The fraction of sp³-hybridized carbons (Fsp3) is 0.935. The van der Waals surface area contributed by atoms with Gasteiger partial charge >= 0.3 is 12.2 Å². The molecule has 0 heterocycles. The zero-order chi connectivity index (χ0) is 34.4. The van der Waals surface area contributed by atoms with Crippen LogP contribution in [0, 0.1) is 0 Å². The second-order valence-corrected chi connectivity index (χ2v) is 11.8. The Morgan fingerprint density at radius 3 is 1.04 bits per heavy atom. The minimum Gasteiger partial charge on any atom is -0.444 e. The zero-order valence-electron chi connectivity index (χ0n) is 29.4. The van der Waals surface area contributed by atoms with Gasteiger partial charge in [0.2, 0.25) is 0 Å². The maximum Gasteiger partial charge on any atom is 0.410 e. The van der Waals surface area contributed by atoms with E-state index in [1.54, 1.807) is 7.05 Å². The molecule has 0 atom stereocenters. The van der Waals surface area contributed by atoms with Gasteiger partial charge in [-0.1, -0.05) is 0 Å². The Kier molecular flexibility index (Phi) is 28.2. The summed E-state index contributed by atoms with van der Waals surface area (Å²) in [7, 11) is 1.68. The number of hydrogen-bond acceptors (Lipinski definition) is 13. The average Bonchev–Trinajstić information content (AvgIpc) is 2.96. The molecule has 0 bridgehead atoms. The van der Waals surface area contributed by atoms with Crippen molar-refractivity contribution in [3.63, 3.8) is 0 Å². The Morgan fingerprint density at radius 1 is 0.457 bits per heavy atom. The number of hydrogen-bond donors (Lipinski definition) is 1. The van der Waals surface area contributed by atoms with E-state index in [4.69, 9.17) is 52.1 Å². The van der Waals surface area contributed by atoms with E-state index in [1.807, 2.05) is 41.5 Å². The highest BCUT2D eigenvalue weighted by atomic mass is 16.6. The number of ether oxygens (including phenoxy) is 11. The van der Waals surface area contributed by atoms with Crippen molar-refractivity contribution in [2.45, 2.75) is 52.7 Å². The molecular weight excluding hydrogens is 608 g/mol. The highest BCUT2D eigenvalue weighted by molar-refractivity contribution is 5.68. The van der Waals surface area contributed by atoms with Gasteiger partial charge in [0.25, 0.3) is 0 Å². The van der Waals surface area contributed by atoms with Crippen molar-refractivity contribution in [1.29, 1.82) is 0 Å². The summed E-state index contributed by atoms with van der Waals surface area (Å²) < 4.78 is 59.5. The van der Waals surface area contributed by atoms with E-state index in [0.29, 0.717) is 132 Å². The van der Waals surface area contributed by atoms with E-state index in [0.717, 1.165) is 0 Å². The molecule has 0 aromatic rings. The fourth-order valence-corrected chi connectivity index (χ4v) is 3.03. The number of likely N-dealkylation sites (N-methyl/N-ethyl adjacent to an activating group) is 1. The molecule has 0 radical (unpaired) electrons. The molecule has 0 aliphatic carbocycles. The molecule has 15 nitrogen and oxygen atoms in total. The summed E-state index contributed by atoms with van der Waals surface area (Å²) in [6.45, 7) is 20.1. The molecule has 0 aliphatic rings. The number of nitrogens with one attached hydrogen (secondary N) is 1. The second kappa shape index (κ2) is 29.3. The van der Waals surface area contributed by atoms with E-state index in [2.05, 4.69) is 5.32 Å². The monoisotopic (exact) mass is 670 g/mol. The normalized spacial score (nSPS) is 11.9. The third-order valence-electron chi connectivity index (χ3n) is 5.17. The molecule has 0 fully saturated rings. The maximum absolute atomic E-state index is 11.8. The predicted molar refractivity (Wildman–Crippen MR) is 170 cm³/mol. The largest absolute Gasteiger partial charge is 0.444 e. The van der Waals surface area contributed by atoms with Crippen molar-refractivity contribution < 1.29 is 61.7 Å². The Bertz CT molecular complexity index is 718. The number of carbonyl (C=O) groups is 2. The molecule has 274 valence electrons. The van der Waals surface area contributed by atoms with Crippen LogP contribution in [-0.2, 0) is 52.1 Å². The predicted octanol–water partition coefficient (Wildman–Crippen LogP) is 2.53. The summed E-state index contributed by atoms with van der Waals surface area (Å²) in [5, 5.41) is 2.63. The van der Waals surface area contributed by atoms with Gasteiger partial charge in [0.15, 0.2) is 0 Å². The van der Waals surface area contributed by atoms with Crippen LogP contribution in [0.25, 0.3) is 0 Å². The van der Waals surface area contributed by atoms with E-state index in [-0.39, 0.29) is 6.09 Å². The zero-order valence-corrected chi connectivity index (χ0v) is 29.4. The molecule has 15 heteroatoms. The lowest BCUT2D eigenvalue weighted by molar-refractivity contribution is -0.0253. The van der Waals surface area contributed by atoms with Crippen LogP contribution in [0.2, 0.25) is 0 Å². The van der Waals surface area contributed by atoms with Crippen LogP contribution in [0.3, 0.4) is 0 Å². The first kappa shape index (κ1) is 44.2. The number of rotatable bonds is 30. The number of nitrogens with zero attached hydrogens (tertiary/aromatic N) is 1. The van der Waals surface area contributed by atoms with Crippen LogP contribution in [0.15, 0.2) is 0 Å². The van der Waals surface area contributed by atoms with Crippen LogP contribution < -0.4 is 5.32 Å². The highest BCUT2D eigenvalue weighted by Gasteiger charge is 2.19. The molecule has 0 spiro atoms. The first-order chi connectivity index (χ1) is 21.9. The van der Waals surface area contributed by atoms with Gasteiger partial charge in [0.05, 0.1) is 119 Å². The van der Waals surface area contributed by atoms with Crippen molar-refractivity contribution in [2.75, 3.05) is 139 Å². The standard InChI is InChI=1S/C31H62N2O13/c1-30(2,3)45-28(34)32-8-10-36-12-14-38-16-18-40-20-22-42-24-26-44-27-25-43-23-21-41-19-17-39-15-13-37-11-9-33(7)29(35)46-31(4,5)6/h8-27H2,1-7H3,(H,32,34). The quantitative estimate of drug-likeness (QED) is 0.112. The van der Waals surface area contributed by atoms with Crippen molar-refractivity contribution >= 4 is 12.2 Å². The van der Waals surface area contributed by atoms with E-state index < -0.39 is 17.3 Å². The van der Waals surface area contributed by atoms with Gasteiger partial charge in [-0.2, -0.15) is 0 Å². The van der Waals surface area contributed by atoms with E-state index in [1.165, 1.54) is 4.90 Å². The number of amides is 2. The average molecular weight is 671 g/mol. The van der Waals surface area contributed by atoms with Gasteiger partial charge in [0.1, 0.15) is 11.2 Å². The Hall–Kier alpha value is -1.82. The van der Waals surface area contributed by atoms with Crippen LogP contribution in [0.1, 0.15) is 41.5 Å². The molecule has 1 N–H and O–H groups in total. The lowest BCUT2D eigenvalue weighted by atomic mass is 10.2. The van der Waals surface area contributed by atoms with Crippen LogP contribution >= 0.6 is 0 Å². The Labute approximate surface area is 276 Å². The SMILES string of the molecule is CN(CCOCCOCCOCCOCCOCCOCCOCCOCCOCCNC(=O)OC(C)(C)C)C(=O)OC(C)(C)C. The molecule has 0 unspecified atom stereocenters. The first-order valence-electron chi connectivity index (χ1n) is 16.0. The van der Waals surface area contributed by atoms with Crippen molar-refractivity contribution in [1.82, 2.24) is 10.2 Å². The summed E-state index contributed by atoms with van der Waals surface area (Å²) in [6.07, 6.45) is -0.823. The first-order valence-corrected chi connectivity index (χ1v) is 16.0. The molecule has 46 heavy (non-hydrogen) atoms. The lowest BCUT2D eigenvalue weighted by Crippen LogP contribution is -2.36. The summed E-state index contributed by atoms with van der Waals surface area (Å²) in [5.41, 5.74) is -1.03. The second-order valence-electron chi connectivity index (χ2n) is 11.8. The van der Waals surface area contributed by atoms with Gasteiger partial charge in [-0.15, -0.1) is 0 Å². The molecule has 0 saturated heterocycles. The molecule has 0 rings (SSSR count). The smallest absolute Gasteiger partial charge is 0.410 e. The number of alkyl carbamates (subject to hydrolysis) is 1. The third kappa shape index (κ3) is 35.0. The molecule has 0 aromatic carbocycles. The summed E-state index contributed by atoms with van der Waals surface area (Å²) >= 11 is 0. The molecule has 0 aromatic heterocycles. The van der Waals surface area contributed by atoms with Crippen molar-refractivity contribution in [3.8, 4) is 0 Å². The number of carbonyl (C=O) groups excluding carboxylic acids is 2. The molecular formula is C31H62N2O13. The van der Waals surface area contributed by atoms with Gasteiger partial charge in [-0.3, -0.25) is 0 Å². The summed E-state index contributed by atoms with van der Waals surface area (Å²) in [6, 6.07) is 0. The Morgan fingerprint density at radius 2 is 0.739 bits per heavy atom.